The van der Waals surface area contributed by atoms with Crippen molar-refractivity contribution in [2.75, 3.05) is 0 Å². The molecule has 5 rings (SSSR count). The van der Waals surface area contributed by atoms with Crippen LogP contribution in [0.5, 0.6) is 5.75 Å². The molecule has 0 bridgehead atoms. The third kappa shape index (κ3) is 2.92. The minimum atomic E-state index is -0.743. The van der Waals surface area contributed by atoms with E-state index in [0.29, 0.717) is 38.9 Å². The van der Waals surface area contributed by atoms with E-state index in [2.05, 4.69) is 0 Å². The van der Waals surface area contributed by atoms with Gasteiger partial charge in [0.25, 0.3) is 0 Å². The molecule has 1 aromatic heterocycles. The SMILES string of the molecule is CC1CCc2c(cc(F)c(-c3c(C(O)=C4CCC4)sc4cc(F)ccc34)c2F)O1. The second kappa shape index (κ2) is 6.80. The van der Waals surface area contributed by atoms with E-state index in [4.69, 9.17) is 4.74 Å². The van der Waals surface area contributed by atoms with E-state index in [-0.39, 0.29) is 23.2 Å². The van der Waals surface area contributed by atoms with Crippen molar-refractivity contribution < 1.29 is 23.0 Å². The standard InChI is InChI=1S/C23H19F3O2S/c1-11-5-7-14-17(28-11)10-16(25)20(21(14)26)19-15-8-6-13(24)9-18(15)29-23(19)22(27)12-3-2-4-12/h6,8-11,27H,2-5,7H2,1H3. The van der Waals surface area contributed by atoms with Crippen molar-refractivity contribution in [3.05, 3.63) is 57.7 Å². The molecule has 6 heteroatoms. The summed E-state index contributed by atoms with van der Waals surface area (Å²) in [5, 5.41) is 11.4. The maximum Gasteiger partial charge on any atom is 0.140 e. The monoisotopic (exact) mass is 416 g/mol. The lowest BCUT2D eigenvalue weighted by Gasteiger charge is -2.25. The minimum Gasteiger partial charge on any atom is -0.506 e. The van der Waals surface area contributed by atoms with Crippen LogP contribution in [0.1, 0.15) is 43.0 Å². The van der Waals surface area contributed by atoms with E-state index in [9.17, 15) is 9.50 Å². The number of allylic oxidation sites excluding steroid dienone is 1. The van der Waals surface area contributed by atoms with E-state index < -0.39 is 17.5 Å². The fourth-order valence-corrected chi connectivity index (χ4v) is 5.29. The maximum absolute atomic E-state index is 15.6. The van der Waals surface area contributed by atoms with Gasteiger partial charge in [0.2, 0.25) is 0 Å². The summed E-state index contributed by atoms with van der Waals surface area (Å²) in [6.45, 7) is 1.87. The molecule has 150 valence electrons. The Hall–Kier alpha value is -2.47. The van der Waals surface area contributed by atoms with Crippen molar-refractivity contribution in [3.8, 4) is 16.9 Å². The summed E-state index contributed by atoms with van der Waals surface area (Å²) in [6.07, 6.45) is 3.50. The molecule has 1 atom stereocenters. The first-order valence-corrected chi connectivity index (χ1v) is 10.6. The average molecular weight is 416 g/mol. The number of aliphatic hydroxyl groups excluding tert-OH is 1. The molecule has 2 heterocycles. The second-order valence-electron chi connectivity index (χ2n) is 7.74. The summed E-state index contributed by atoms with van der Waals surface area (Å²) in [5.41, 5.74) is 1.33. The number of hydrogen-bond acceptors (Lipinski definition) is 3. The fourth-order valence-electron chi connectivity index (χ4n) is 4.07. The highest BCUT2D eigenvalue weighted by Gasteiger charge is 2.30. The van der Waals surface area contributed by atoms with Gasteiger partial charge in [0.15, 0.2) is 0 Å². The molecule has 1 aliphatic heterocycles. The first-order chi connectivity index (χ1) is 13.9. The predicted molar refractivity (Wildman–Crippen MR) is 109 cm³/mol. The average Bonchev–Trinajstić information content (AvgIpc) is 2.98. The Morgan fingerprint density at radius 1 is 1.10 bits per heavy atom. The van der Waals surface area contributed by atoms with Crippen LogP contribution in [-0.4, -0.2) is 11.2 Å². The molecule has 0 radical (unpaired) electrons. The molecule has 0 saturated heterocycles. The molecule has 0 spiro atoms. The van der Waals surface area contributed by atoms with Gasteiger partial charge in [-0.1, -0.05) is 0 Å². The topological polar surface area (TPSA) is 29.5 Å². The van der Waals surface area contributed by atoms with Crippen molar-refractivity contribution in [2.45, 2.75) is 45.1 Å². The molecule has 2 nitrogen and oxygen atoms in total. The molecule has 0 amide bonds. The molecule has 2 aromatic carbocycles. The van der Waals surface area contributed by atoms with Crippen LogP contribution in [0.15, 0.2) is 29.8 Å². The molecule has 1 fully saturated rings. The number of rotatable bonds is 2. The van der Waals surface area contributed by atoms with Crippen molar-refractivity contribution in [2.24, 2.45) is 0 Å². The largest absolute Gasteiger partial charge is 0.506 e. The van der Waals surface area contributed by atoms with Crippen molar-refractivity contribution in [1.82, 2.24) is 0 Å². The summed E-state index contributed by atoms with van der Waals surface area (Å²) in [7, 11) is 0. The quantitative estimate of drug-likeness (QED) is 0.450. The van der Waals surface area contributed by atoms with Gasteiger partial charge in [-0.2, -0.15) is 0 Å². The number of ether oxygens (including phenoxy) is 1. The normalized spacial score (nSPS) is 18.3. The van der Waals surface area contributed by atoms with Gasteiger partial charge in [-0.05, 0) is 62.8 Å². The summed E-state index contributed by atoms with van der Waals surface area (Å²) in [4.78, 5) is 0.392. The fraction of sp³-hybridized carbons (Fsp3) is 0.304. The Labute approximate surface area is 170 Å². The Bertz CT molecular complexity index is 1170. The van der Waals surface area contributed by atoms with Crippen LogP contribution >= 0.6 is 11.3 Å². The third-order valence-corrected chi connectivity index (χ3v) is 6.98. The van der Waals surface area contributed by atoms with E-state index in [1.165, 1.54) is 24.3 Å². The maximum atomic E-state index is 15.6. The molecular weight excluding hydrogens is 397 g/mol. The first kappa shape index (κ1) is 18.6. The van der Waals surface area contributed by atoms with Crippen LogP contribution in [0.25, 0.3) is 27.0 Å². The summed E-state index contributed by atoms with van der Waals surface area (Å²) in [6, 6.07) is 5.36. The van der Waals surface area contributed by atoms with Gasteiger partial charge in [-0.3, -0.25) is 0 Å². The van der Waals surface area contributed by atoms with E-state index in [1.54, 1.807) is 0 Å². The van der Waals surface area contributed by atoms with E-state index >= 15 is 8.78 Å². The molecule has 1 unspecified atom stereocenters. The smallest absolute Gasteiger partial charge is 0.140 e. The second-order valence-corrected chi connectivity index (χ2v) is 8.80. The highest BCUT2D eigenvalue weighted by molar-refractivity contribution is 7.20. The molecule has 29 heavy (non-hydrogen) atoms. The molecular formula is C23H19F3O2S. The van der Waals surface area contributed by atoms with E-state index in [0.717, 1.165) is 36.2 Å². The van der Waals surface area contributed by atoms with Crippen LogP contribution in [0, 0.1) is 17.5 Å². The number of halogens is 3. The number of hydrogen-bond donors (Lipinski definition) is 1. The van der Waals surface area contributed by atoms with Gasteiger partial charge in [-0.15, -0.1) is 11.3 Å². The van der Waals surface area contributed by atoms with Gasteiger partial charge in [0.1, 0.15) is 29.0 Å². The third-order valence-electron chi connectivity index (χ3n) is 5.82. The van der Waals surface area contributed by atoms with Crippen LogP contribution in [-0.2, 0) is 6.42 Å². The highest BCUT2D eigenvalue weighted by atomic mass is 32.1. The Morgan fingerprint density at radius 2 is 1.90 bits per heavy atom. The zero-order chi connectivity index (χ0) is 20.3. The lowest BCUT2D eigenvalue weighted by atomic mass is 9.89. The molecule has 1 N–H and O–H groups in total. The van der Waals surface area contributed by atoms with Crippen molar-refractivity contribution >= 4 is 27.2 Å². The summed E-state index contributed by atoms with van der Waals surface area (Å²) in [5.74, 6) is -1.54. The lowest BCUT2D eigenvalue weighted by Crippen LogP contribution is -2.20. The minimum absolute atomic E-state index is 0.0641. The molecule has 1 aliphatic carbocycles. The van der Waals surface area contributed by atoms with Crippen LogP contribution in [0.4, 0.5) is 13.2 Å². The van der Waals surface area contributed by atoms with E-state index in [1.807, 2.05) is 6.92 Å². The Morgan fingerprint density at radius 3 is 2.62 bits per heavy atom. The van der Waals surface area contributed by atoms with Gasteiger partial charge in [-0.25, -0.2) is 13.2 Å². The summed E-state index contributed by atoms with van der Waals surface area (Å²) < 4.78 is 50.7. The van der Waals surface area contributed by atoms with Gasteiger partial charge < -0.3 is 9.84 Å². The number of fused-ring (bicyclic) bond motifs is 2. The number of thiophene rings is 1. The zero-order valence-corrected chi connectivity index (χ0v) is 16.6. The molecule has 2 aliphatic rings. The van der Waals surface area contributed by atoms with Gasteiger partial charge >= 0.3 is 0 Å². The van der Waals surface area contributed by atoms with Crippen LogP contribution in [0.2, 0.25) is 0 Å². The molecule has 3 aromatic rings. The highest BCUT2D eigenvalue weighted by Crippen LogP contribution is 2.48. The van der Waals surface area contributed by atoms with Gasteiger partial charge in [0, 0.05) is 27.3 Å². The van der Waals surface area contributed by atoms with Crippen molar-refractivity contribution in [1.29, 1.82) is 0 Å². The Balaban J connectivity index is 1.81. The zero-order valence-electron chi connectivity index (χ0n) is 15.8. The predicted octanol–water partition coefficient (Wildman–Crippen LogP) is 7.15. The number of aliphatic hydroxyl groups is 1. The van der Waals surface area contributed by atoms with Gasteiger partial charge in [0.05, 0.1) is 16.5 Å². The Kier molecular flexibility index (Phi) is 4.35. The molecule has 1 saturated carbocycles. The lowest BCUT2D eigenvalue weighted by molar-refractivity contribution is 0.189. The van der Waals surface area contributed by atoms with Crippen molar-refractivity contribution in [3.63, 3.8) is 0 Å². The van der Waals surface area contributed by atoms with Crippen LogP contribution < -0.4 is 4.74 Å². The number of benzene rings is 2. The summed E-state index contributed by atoms with van der Waals surface area (Å²) >= 11 is 1.16. The van der Waals surface area contributed by atoms with Crippen LogP contribution in [0.3, 0.4) is 0 Å². The first-order valence-electron chi connectivity index (χ1n) is 9.75.